The quantitative estimate of drug-likeness (QED) is 0.741. The molecular formula is C19H24N2O4S. The molecule has 0 aromatic heterocycles. The number of ether oxygens (including phenoxy) is 1. The van der Waals surface area contributed by atoms with Gasteiger partial charge >= 0.3 is 0 Å². The van der Waals surface area contributed by atoms with Crippen LogP contribution in [0.4, 0.5) is 0 Å². The maximum atomic E-state index is 12.3. The lowest BCUT2D eigenvalue weighted by atomic mass is 10.1. The lowest BCUT2D eigenvalue weighted by Crippen LogP contribution is -2.31. The van der Waals surface area contributed by atoms with E-state index in [1.54, 1.807) is 57.4 Å². The number of nitrogens with one attached hydrogen (secondary N) is 2. The normalized spacial score (nSPS) is 11.4. The van der Waals surface area contributed by atoms with Gasteiger partial charge in [-0.25, -0.2) is 13.1 Å². The van der Waals surface area contributed by atoms with E-state index < -0.39 is 10.0 Å². The van der Waals surface area contributed by atoms with Crippen LogP contribution in [0.5, 0.6) is 5.75 Å². The molecule has 0 fully saturated rings. The average Bonchev–Trinajstić information content (AvgIpc) is 2.59. The van der Waals surface area contributed by atoms with Crippen LogP contribution in [0.1, 0.15) is 35.3 Å². The molecule has 0 radical (unpaired) electrons. The minimum atomic E-state index is -3.44. The Morgan fingerprint density at radius 2 is 1.77 bits per heavy atom. The maximum Gasteiger partial charge on any atom is 0.251 e. The van der Waals surface area contributed by atoms with Crippen molar-refractivity contribution in [3.05, 3.63) is 65.2 Å². The predicted molar refractivity (Wildman–Crippen MR) is 102 cm³/mol. The van der Waals surface area contributed by atoms with Crippen molar-refractivity contribution < 1.29 is 17.9 Å². The molecule has 0 heterocycles. The Bertz CT molecular complexity index is 863. The standard InChI is InChI=1S/C19H24N2O4S/c1-14(2)21-26(23,24)13-17-8-5-4-7-16(17)12-20-19(22)15-9-6-10-18(11-15)25-3/h4-11,14,21H,12-13H2,1-3H3,(H,20,22). The summed E-state index contributed by atoms with van der Waals surface area (Å²) < 4.78 is 32.0. The molecule has 2 aromatic rings. The number of hydrogen-bond acceptors (Lipinski definition) is 4. The predicted octanol–water partition coefficient (Wildman–Crippen LogP) is 2.45. The van der Waals surface area contributed by atoms with Gasteiger partial charge in [0.15, 0.2) is 0 Å². The molecule has 0 aliphatic heterocycles. The van der Waals surface area contributed by atoms with E-state index in [0.29, 0.717) is 16.9 Å². The summed E-state index contributed by atoms with van der Waals surface area (Å²) >= 11 is 0. The number of carbonyl (C=O) groups is 1. The highest BCUT2D eigenvalue weighted by atomic mass is 32.2. The molecule has 0 aliphatic carbocycles. The first kappa shape index (κ1) is 19.9. The zero-order chi connectivity index (χ0) is 19.2. The molecule has 0 spiro atoms. The van der Waals surface area contributed by atoms with Gasteiger partial charge in [-0.2, -0.15) is 0 Å². The SMILES string of the molecule is COc1cccc(C(=O)NCc2ccccc2CS(=O)(=O)NC(C)C)c1. The van der Waals surface area contributed by atoms with Gasteiger partial charge in [-0.15, -0.1) is 0 Å². The van der Waals surface area contributed by atoms with Crippen LogP contribution < -0.4 is 14.8 Å². The van der Waals surface area contributed by atoms with Gasteiger partial charge in [0.2, 0.25) is 10.0 Å². The Balaban J connectivity index is 2.09. The van der Waals surface area contributed by atoms with Gasteiger partial charge in [0.25, 0.3) is 5.91 Å². The molecule has 26 heavy (non-hydrogen) atoms. The second-order valence-corrected chi connectivity index (χ2v) is 7.97. The Hall–Kier alpha value is -2.38. The summed E-state index contributed by atoms with van der Waals surface area (Å²) in [5.74, 6) is 0.224. The maximum absolute atomic E-state index is 12.3. The Morgan fingerprint density at radius 1 is 1.08 bits per heavy atom. The minimum absolute atomic E-state index is 0.129. The second-order valence-electron chi connectivity index (χ2n) is 6.21. The molecule has 0 unspecified atom stereocenters. The summed E-state index contributed by atoms with van der Waals surface area (Å²) in [5.41, 5.74) is 1.90. The van der Waals surface area contributed by atoms with Crippen LogP contribution in [0.3, 0.4) is 0 Å². The van der Waals surface area contributed by atoms with Crippen LogP contribution in [0, 0.1) is 0 Å². The zero-order valence-corrected chi connectivity index (χ0v) is 16.0. The highest BCUT2D eigenvalue weighted by Crippen LogP contribution is 2.15. The Kier molecular flexibility index (Phi) is 6.76. The summed E-state index contributed by atoms with van der Waals surface area (Å²) in [4.78, 5) is 12.3. The van der Waals surface area contributed by atoms with E-state index in [0.717, 1.165) is 5.56 Å². The van der Waals surface area contributed by atoms with E-state index in [1.807, 2.05) is 12.1 Å². The molecular weight excluding hydrogens is 352 g/mol. The summed E-state index contributed by atoms with van der Waals surface area (Å²) in [5, 5.41) is 2.82. The summed E-state index contributed by atoms with van der Waals surface area (Å²) in [6, 6.07) is 13.9. The third kappa shape index (κ3) is 5.86. The van der Waals surface area contributed by atoms with Gasteiger partial charge in [-0.1, -0.05) is 30.3 Å². The Labute approximate surface area is 154 Å². The molecule has 2 rings (SSSR count). The van der Waals surface area contributed by atoms with Crippen LogP contribution >= 0.6 is 0 Å². The van der Waals surface area contributed by atoms with E-state index in [1.165, 1.54) is 0 Å². The number of amides is 1. The van der Waals surface area contributed by atoms with Crippen molar-refractivity contribution in [1.29, 1.82) is 0 Å². The first-order chi connectivity index (χ1) is 12.3. The smallest absolute Gasteiger partial charge is 0.251 e. The first-order valence-electron chi connectivity index (χ1n) is 8.30. The van der Waals surface area contributed by atoms with E-state index >= 15 is 0 Å². The van der Waals surface area contributed by atoms with Crippen molar-refractivity contribution in [1.82, 2.24) is 10.0 Å². The van der Waals surface area contributed by atoms with Gasteiger partial charge < -0.3 is 10.1 Å². The van der Waals surface area contributed by atoms with Gasteiger partial charge in [-0.05, 0) is 43.2 Å². The molecule has 0 saturated carbocycles. The van der Waals surface area contributed by atoms with E-state index in [4.69, 9.17) is 4.74 Å². The minimum Gasteiger partial charge on any atom is -0.497 e. The highest BCUT2D eigenvalue weighted by Gasteiger charge is 2.16. The molecule has 0 bridgehead atoms. The van der Waals surface area contributed by atoms with Crippen molar-refractivity contribution in [3.63, 3.8) is 0 Å². The summed E-state index contributed by atoms with van der Waals surface area (Å²) in [6.07, 6.45) is 0. The highest BCUT2D eigenvalue weighted by molar-refractivity contribution is 7.88. The van der Waals surface area contributed by atoms with Gasteiger partial charge in [0, 0.05) is 18.2 Å². The summed E-state index contributed by atoms with van der Waals surface area (Å²) in [7, 11) is -1.89. The van der Waals surface area contributed by atoms with Crippen LogP contribution in [-0.4, -0.2) is 27.5 Å². The van der Waals surface area contributed by atoms with Crippen molar-refractivity contribution in [2.45, 2.75) is 32.2 Å². The zero-order valence-electron chi connectivity index (χ0n) is 15.2. The molecule has 6 nitrogen and oxygen atoms in total. The number of hydrogen-bond donors (Lipinski definition) is 2. The number of rotatable bonds is 8. The van der Waals surface area contributed by atoms with Crippen molar-refractivity contribution in [2.24, 2.45) is 0 Å². The largest absolute Gasteiger partial charge is 0.497 e. The number of sulfonamides is 1. The van der Waals surface area contributed by atoms with E-state index in [-0.39, 0.29) is 24.2 Å². The molecule has 0 atom stereocenters. The molecule has 0 saturated heterocycles. The van der Waals surface area contributed by atoms with Crippen LogP contribution in [0.2, 0.25) is 0 Å². The second kappa shape index (κ2) is 8.82. The van der Waals surface area contributed by atoms with Gasteiger partial charge in [0.05, 0.1) is 12.9 Å². The molecule has 0 aliphatic rings. The van der Waals surface area contributed by atoms with Gasteiger partial charge in [0.1, 0.15) is 5.75 Å². The molecule has 1 amide bonds. The van der Waals surface area contributed by atoms with Crippen molar-refractivity contribution in [3.8, 4) is 5.75 Å². The average molecular weight is 376 g/mol. The number of carbonyl (C=O) groups excluding carboxylic acids is 1. The van der Waals surface area contributed by atoms with Crippen LogP contribution in [0.15, 0.2) is 48.5 Å². The van der Waals surface area contributed by atoms with Crippen LogP contribution in [-0.2, 0) is 22.3 Å². The molecule has 2 aromatic carbocycles. The monoisotopic (exact) mass is 376 g/mol. The van der Waals surface area contributed by atoms with Gasteiger partial charge in [-0.3, -0.25) is 4.79 Å². The third-order valence-corrected chi connectivity index (χ3v) is 5.17. The number of benzene rings is 2. The van der Waals surface area contributed by atoms with Crippen LogP contribution in [0.25, 0.3) is 0 Å². The fraction of sp³-hybridized carbons (Fsp3) is 0.316. The fourth-order valence-electron chi connectivity index (χ4n) is 2.52. The molecule has 2 N–H and O–H groups in total. The third-order valence-electron chi connectivity index (χ3n) is 3.65. The Morgan fingerprint density at radius 3 is 2.42 bits per heavy atom. The lowest BCUT2D eigenvalue weighted by Gasteiger charge is -2.13. The number of methoxy groups -OCH3 is 1. The first-order valence-corrected chi connectivity index (χ1v) is 9.95. The van der Waals surface area contributed by atoms with Crippen molar-refractivity contribution in [2.75, 3.05) is 7.11 Å². The molecule has 140 valence electrons. The molecule has 7 heteroatoms. The van der Waals surface area contributed by atoms with Crippen molar-refractivity contribution >= 4 is 15.9 Å². The summed E-state index contributed by atoms with van der Waals surface area (Å²) in [6.45, 7) is 3.79. The lowest BCUT2D eigenvalue weighted by molar-refractivity contribution is 0.0950. The van der Waals surface area contributed by atoms with E-state index in [2.05, 4.69) is 10.0 Å². The fourth-order valence-corrected chi connectivity index (χ4v) is 4.01. The van der Waals surface area contributed by atoms with E-state index in [9.17, 15) is 13.2 Å². The topological polar surface area (TPSA) is 84.5 Å².